The van der Waals surface area contributed by atoms with Crippen molar-refractivity contribution in [2.45, 2.75) is 50.5 Å². The first kappa shape index (κ1) is 19.6. The largest absolute Gasteiger partial charge is 0.326 e. The van der Waals surface area contributed by atoms with E-state index < -0.39 is 10.0 Å². The number of nitrogens with one attached hydrogen (secondary N) is 1. The summed E-state index contributed by atoms with van der Waals surface area (Å²) >= 11 is 0. The Bertz CT molecular complexity index is 907. The molecule has 2 aromatic carbocycles. The monoisotopic (exact) mass is 386 g/mol. The van der Waals surface area contributed by atoms with Crippen molar-refractivity contribution in [3.05, 3.63) is 59.7 Å². The summed E-state index contributed by atoms with van der Waals surface area (Å²) in [5, 5.41) is 2.92. The number of benzene rings is 2. The smallest absolute Gasteiger partial charge is 0.243 e. The topological polar surface area (TPSA) is 66.5 Å². The number of nitrogens with zero attached hydrogens (tertiary/aromatic N) is 1. The van der Waals surface area contributed by atoms with Crippen molar-refractivity contribution in [2.24, 2.45) is 0 Å². The quantitative estimate of drug-likeness (QED) is 0.848. The summed E-state index contributed by atoms with van der Waals surface area (Å²) in [5.74, 6) is -0.152. The maximum Gasteiger partial charge on any atom is 0.243 e. The molecule has 27 heavy (non-hydrogen) atoms. The SMILES string of the molecule is Cc1ccc(S(=O)(=O)N2CCCCC2CC(=O)Nc2ccccc2C)cc1. The molecule has 1 N–H and O–H groups in total. The fourth-order valence-electron chi connectivity index (χ4n) is 3.47. The molecule has 0 saturated carbocycles. The van der Waals surface area contributed by atoms with E-state index in [1.807, 2.05) is 38.1 Å². The highest BCUT2D eigenvalue weighted by atomic mass is 32.2. The summed E-state index contributed by atoms with van der Waals surface area (Å²) in [6, 6.07) is 14.2. The van der Waals surface area contributed by atoms with Crippen LogP contribution in [0.25, 0.3) is 0 Å². The molecule has 1 aliphatic rings. The predicted octanol–water partition coefficient (Wildman–Crippen LogP) is 3.88. The minimum Gasteiger partial charge on any atom is -0.326 e. The number of rotatable bonds is 5. The number of hydrogen-bond acceptors (Lipinski definition) is 3. The molecule has 1 atom stereocenters. The number of para-hydroxylation sites is 1. The van der Waals surface area contributed by atoms with Gasteiger partial charge in [-0.25, -0.2) is 8.42 Å². The number of hydrogen-bond donors (Lipinski definition) is 1. The fraction of sp³-hybridized carbons (Fsp3) is 0.381. The molecule has 0 spiro atoms. The Morgan fingerprint density at radius 3 is 2.48 bits per heavy atom. The number of carbonyl (C=O) groups is 1. The summed E-state index contributed by atoms with van der Waals surface area (Å²) in [4.78, 5) is 12.8. The molecule has 1 heterocycles. The van der Waals surface area contributed by atoms with Crippen LogP contribution in [0.2, 0.25) is 0 Å². The lowest BCUT2D eigenvalue weighted by molar-refractivity contribution is -0.117. The molecular weight excluding hydrogens is 360 g/mol. The van der Waals surface area contributed by atoms with Gasteiger partial charge in [-0.3, -0.25) is 4.79 Å². The molecule has 6 heteroatoms. The molecule has 144 valence electrons. The Morgan fingerprint density at radius 1 is 1.07 bits per heavy atom. The highest BCUT2D eigenvalue weighted by molar-refractivity contribution is 7.89. The predicted molar refractivity (Wildman–Crippen MR) is 107 cm³/mol. The van der Waals surface area contributed by atoms with Gasteiger partial charge in [0.25, 0.3) is 0 Å². The van der Waals surface area contributed by atoms with Crippen LogP contribution in [0.15, 0.2) is 53.4 Å². The van der Waals surface area contributed by atoms with Crippen LogP contribution in [-0.4, -0.2) is 31.2 Å². The molecule has 1 amide bonds. The minimum absolute atomic E-state index is 0.152. The zero-order valence-electron chi connectivity index (χ0n) is 15.8. The summed E-state index contributed by atoms with van der Waals surface area (Å²) in [7, 11) is -3.60. The lowest BCUT2D eigenvalue weighted by Crippen LogP contribution is -2.45. The first-order valence-corrected chi connectivity index (χ1v) is 10.8. The maximum absolute atomic E-state index is 13.1. The van der Waals surface area contributed by atoms with Crippen LogP contribution >= 0.6 is 0 Å². The fourth-order valence-corrected chi connectivity index (χ4v) is 5.16. The Kier molecular flexibility index (Phi) is 5.97. The number of carbonyl (C=O) groups excluding carboxylic acids is 1. The van der Waals surface area contributed by atoms with Crippen LogP contribution in [0.4, 0.5) is 5.69 Å². The Morgan fingerprint density at radius 2 is 1.78 bits per heavy atom. The molecule has 0 aromatic heterocycles. The van der Waals surface area contributed by atoms with Gasteiger partial charge in [-0.1, -0.05) is 42.3 Å². The van der Waals surface area contributed by atoms with E-state index in [1.165, 1.54) is 4.31 Å². The summed E-state index contributed by atoms with van der Waals surface area (Å²) in [6.45, 7) is 4.32. The third-order valence-corrected chi connectivity index (χ3v) is 7.01. The lowest BCUT2D eigenvalue weighted by Gasteiger charge is -2.34. The minimum atomic E-state index is -3.60. The van der Waals surface area contributed by atoms with Crippen molar-refractivity contribution >= 4 is 21.6 Å². The average Bonchev–Trinajstić information content (AvgIpc) is 2.64. The lowest BCUT2D eigenvalue weighted by atomic mass is 10.0. The standard InChI is InChI=1S/C21H26N2O3S/c1-16-10-12-19(13-11-16)27(25,26)23-14-6-5-8-18(23)15-21(24)22-20-9-4-3-7-17(20)2/h3-4,7,9-13,18H,5-6,8,14-15H2,1-2H3,(H,22,24). The third-order valence-electron chi connectivity index (χ3n) is 5.04. The maximum atomic E-state index is 13.1. The normalized spacial score (nSPS) is 18.2. The first-order valence-electron chi connectivity index (χ1n) is 9.32. The number of anilines is 1. The van der Waals surface area contributed by atoms with Crippen LogP contribution in [0.5, 0.6) is 0 Å². The van der Waals surface area contributed by atoms with Crippen LogP contribution in [0.3, 0.4) is 0 Å². The molecule has 0 bridgehead atoms. The zero-order valence-corrected chi connectivity index (χ0v) is 16.6. The van der Waals surface area contributed by atoms with Crippen molar-refractivity contribution in [3.8, 4) is 0 Å². The van der Waals surface area contributed by atoms with Crippen molar-refractivity contribution < 1.29 is 13.2 Å². The van der Waals surface area contributed by atoms with Gasteiger partial charge in [-0.2, -0.15) is 4.31 Å². The average molecular weight is 387 g/mol. The van der Waals surface area contributed by atoms with E-state index in [0.29, 0.717) is 17.9 Å². The van der Waals surface area contributed by atoms with Crippen molar-refractivity contribution in [3.63, 3.8) is 0 Å². The first-order chi connectivity index (χ1) is 12.9. The number of aryl methyl sites for hydroxylation is 2. The molecule has 1 aliphatic heterocycles. The molecule has 1 unspecified atom stereocenters. The highest BCUT2D eigenvalue weighted by Gasteiger charge is 2.34. The Hall–Kier alpha value is -2.18. The molecule has 0 aliphatic carbocycles. The van der Waals surface area contributed by atoms with Gasteiger partial charge in [0.2, 0.25) is 15.9 Å². The van der Waals surface area contributed by atoms with E-state index in [9.17, 15) is 13.2 Å². The van der Waals surface area contributed by atoms with Crippen LogP contribution in [0, 0.1) is 13.8 Å². The molecule has 2 aromatic rings. The number of amides is 1. The van der Waals surface area contributed by atoms with Gasteiger partial charge in [0, 0.05) is 24.7 Å². The van der Waals surface area contributed by atoms with Crippen molar-refractivity contribution in [1.29, 1.82) is 0 Å². The van der Waals surface area contributed by atoms with E-state index >= 15 is 0 Å². The Balaban J connectivity index is 1.76. The van der Waals surface area contributed by atoms with E-state index in [2.05, 4.69) is 5.32 Å². The van der Waals surface area contributed by atoms with Crippen LogP contribution in [0.1, 0.15) is 36.8 Å². The molecular formula is C21H26N2O3S. The third kappa shape index (κ3) is 4.57. The van der Waals surface area contributed by atoms with Gasteiger partial charge in [0.15, 0.2) is 0 Å². The van der Waals surface area contributed by atoms with E-state index in [-0.39, 0.29) is 18.4 Å². The molecule has 5 nitrogen and oxygen atoms in total. The second kappa shape index (κ2) is 8.23. The van der Waals surface area contributed by atoms with Gasteiger partial charge in [-0.15, -0.1) is 0 Å². The Labute approximate surface area is 161 Å². The van der Waals surface area contributed by atoms with E-state index in [4.69, 9.17) is 0 Å². The number of sulfonamides is 1. The van der Waals surface area contributed by atoms with Gasteiger partial charge >= 0.3 is 0 Å². The van der Waals surface area contributed by atoms with Gasteiger partial charge in [-0.05, 0) is 50.5 Å². The molecule has 1 fully saturated rings. The summed E-state index contributed by atoms with van der Waals surface area (Å²) in [5.41, 5.74) is 2.77. The number of piperidine rings is 1. The van der Waals surface area contributed by atoms with Crippen molar-refractivity contribution in [1.82, 2.24) is 4.31 Å². The molecule has 0 radical (unpaired) electrons. The molecule has 3 rings (SSSR count). The highest BCUT2D eigenvalue weighted by Crippen LogP contribution is 2.27. The molecule has 1 saturated heterocycles. The van der Waals surface area contributed by atoms with E-state index in [0.717, 1.165) is 29.7 Å². The summed E-state index contributed by atoms with van der Waals surface area (Å²) in [6.07, 6.45) is 2.62. The van der Waals surface area contributed by atoms with Gasteiger partial charge < -0.3 is 5.32 Å². The van der Waals surface area contributed by atoms with Crippen LogP contribution in [-0.2, 0) is 14.8 Å². The van der Waals surface area contributed by atoms with Crippen LogP contribution < -0.4 is 5.32 Å². The van der Waals surface area contributed by atoms with E-state index in [1.54, 1.807) is 24.3 Å². The van der Waals surface area contributed by atoms with Crippen molar-refractivity contribution in [2.75, 3.05) is 11.9 Å². The zero-order chi connectivity index (χ0) is 19.4. The summed E-state index contributed by atoms with van der Waals surface area (Å²) < 4.78 is 27.7. The van der Waals surface area contributed by atoms with Gasteiger partial charge in [0.1, 0.15) is 0 Å². The second-order valence-corrected chi connectivity index (χ2v) is 9.04. The van der Waals surface area contributed by atoms with Gasteiger partial charge in [0.05, 0.1) is 4.90 Å². The second-order valence-electron chi connectivity index (χ2n) is 7.15.